The van der Waals surface area contributed by atoms with Gasteiger partial charge in [-0.1, -0.05) is 18.2 Å². The Balaban J connectivity index is 2.02. The number of amides is 1. The lowest BCUT2D eigenvalue weighted by Gasteiger charge is -2.14. The van der Waals surface area contributed by atoms with Gasteiger partial charge in [0.25, 0.3) is 5.91 Å². The lowest BCUT2D eigenvalue weighted by Crippen LogP contribution is -2.31. The highest BCUT2D eigenvalue weighted by Gasteiger charge is 2.26. The van der Waals surface area contributed by atoms with E-state index < -0.39 is 0 Å². The van der Waals surface area contributed by atoms with Gasteiger partial charge in [-0.3, -0.25) is 4.79 Å². The average Bonchev–Trinajstić information content (AvgIpc) is 2.94. The van der Waals surface area contributed by atoms with E-state index in [4.69, 9.17) is 5.73 Å². The topological polar surface area (TPSA) is 51.3 Å². The summed E-state index contributed by atoms with van der Waals surface area (Å²) in [4.78, 5) is 14.3. The molecule has 0 bridgehead atoms. The molecule has 0 radical (unpaired) electrons. The van der Waals surface area contributed by atoms with Crippen molar-refractivity contribution in [3.63, 3.8) is 0 Å². The maximum atomic E-state index is 12.5. The van der Waals surface area contributed by atoms with Crippen molar-refractivity contribution in [3.05, 3.63) is 36.0 Å². The number of rotatable bonds is 1. The predicted octanol–water partition coefficient (Wildman–Crippen LogP) is 1.35. The maximum Gasteiger partial charge on any atom is 0.256 e. The molecule has 2 heterocycles. The molecule has 18 heavy (non-hydrogen) atoms. The second-order valence-corrected chi connectivity index (χ2v) is 4.97. The third-order valence-corrected chi connectivity index (χ3v) is 3.64. The fourth-order valence-electron chi connectivity index (χ4n) is 2.65. The molecule has 94 valence electrons. The van der Waals surface area contributed by atoms with Crippen LogP contribution in [-0.4, -0.2) is 34.5 Å². The standard InChI is InChI=1S/C14H17N3O/c1-16-9-12(11-4-2-3-5-13(11)16)14(18)17-7-6-10(15)8-17/h2-5,9-10H,6-8,15H2,1H3. The molecule has 1 aliphatic heterocycles. The molecule has 0 saturated carbocycles. The largest absolute Gasteiger partial charge is 0.350 e. The molecule has 2 aromatic rings. The average molecular weight is 243 g/mol. The number of likely N-dealkylation sites (tertiary alicyclic amines) is 1. The quantitative estimate of drug-likeness (QED) is 0.822. The van der Waals surface area contributed by atoms with Gasteiger partial charge in [0.15, 0.2) is 0 Å². The van der Waals surface area contributed by atoms with Gasteiger partial charge >= 0.3 is 0 Å². The first-order valence-electron chi connectivity index (χ1n) is 6.26. The first kappa shape index (κ1) is 11.3. The summed E-state index contributed by atoms with van der Waals surface area (Å²) in [7, 11) is 1.97. The Hall–Kier alpha value is -1.81. The molecule has 3 rings (SSSR count). The number of aryl methyl sites for hydroxylation is 1. The van der Waals surface area contributed by atoms with Gasteiger partial charge in [-0.2, -0.15) is 0 Å². The third-order valence-electron chi connectivity index (χ3n) is 3.64. The van der Waals surface area contributed by atoms with Gasteiger partial charge in [0.1, 0.15) is 0 Å². The summed E-state index contributed by atoms with van der Waals surface area (Å²) in [5.74, 6) is 0.0970. The highest BCUT2D eigenvalue weighted by atomic mass is 16.2. The first-order chi connectivity index (χ1) is 8.66. The minimum absolute atomic E-state index is 0.0970. The van der Waals surface area contributed by atoms with Crippen LogP contribution in [-0.2, 0) is 7.05 Å². The fraction of sp³-hybridized carbons (Fsp3) is 0.357. The molecule has 1 saturated heterocycles. The van der Waals surface area contributed by atoms with E-state index in [0.29, 0.717) is 6.54 Å². The molecule has 4 heteroatoms. The number of hydrogen-bond acceptors (Lipinski definition) is 2. The van der Waals surface area contributed by atoms with E-state index in [1.807, 2.05) is 47.0 Å². The molecule has 1 amide bonds. The lowest BCUT2D eigenvalue weighted by molar-refractivity contribution is 0.0792. The van der Waals surface area contributed by atoms with E-state index in [1.54, 1.807) is 0 Å². The van der Waals surface area contributed by atoms with Crippen LogP contribution in [0, 0.1) is 0 Å². The second kappa shape index (κ2) is 4.14. The normalized spacial score (nSPS) is 19.7. The van der Waals surface area contributed by atoms with Crippen molar-refractivity contribution < 1.29 is 4.79 Å². The van der Waals surface area contributed by atoms with E-state index in [2.05, 4.69) is 0 Å². The molecular weight excluding hydrogens is 226 g/mol. The lowest BCUT2D eigenvalue weighted by atomic mass is 10.1. The van der Waals surface area contributed by atoms with E-state index >= 15 is 0 Å². The Morgan fingerprint density at radius 1 is 1.39 bits per heavy atom. The highest BCUT2D eigenvalue weighted by molar-refractivity contribution is 6.07. The second-order valence-electron chi connectivity index (χ2n) is 4.97. The first-order valence-corrected chi connectivity index (χ1v) is 6.26. The molecule has 0 spiro atoms. The number of nitrogens with two attached hydrogens (primary N) is 1. The van der Waals surface area contributed by atoms with Crippen molar-refractivity contribution >= 4 is 16.8 Å². The minimum Gasteiger partial charge on any atom is -0.350 e. The molecule has 1 fully saturated rings. The molecule has 4 nitrogen and oxygen atoms in total. The van der Waals surface area contributed by atoms with Crippen LogP contribution < -0.4 is 5.73 Å². The van der Waals surface area contributed by atoms with Crippen LogP contribution in [0.4, 0.5) is 0 Å². The number of nitrogens with zero attached hydrogens (tertiary/aromatic N) is 2. The summed E-state index contributed by atoms with van der Waals surface area (Å²) < 4.78 is 2.00. The fourth-order valence-corrected chi connectivity index (χ4v) is 2.65. The predicted molar refractivity (Wildman–Crippen MR) is 71.4 cm³/mol. The number of fused-ring (bicyclic) bond motifs is 1. The van der Waals surface area contributed by atoms with Crippen molar-refractivity contribution in [1.29, 1.82) is 0 Å². The van der Waals surface area contributed by atoms with Crippen LogP contribution in [0.1, 0.15) is 16.8 Å². The number of para-hydroxylation sites is 1. The summed E-state index contributed by atoms with van der Waals surface area (Å²) in [5.41, 5.74) is 7.73. The molecule has 1 aliphatic rings. The number of carbonyl (C=O) groups is 1. The number of hydrogen-bond donors (Lipinski definition) is 1. The van der Waals surface area contributed by atoms with Gasteiger partial charge in [-0.15, -0.1) is 0 Å². The zero-order chi connectivity index (χ0) is 12.7. The minimum atomic E-state index is 0.0970. The number of benzene rings is 1. The molecular formula is C14H17N3O. The molecule has 1 aromatic heterocycles. The van der Waals surface area contributed by atoms with Crippen LogP contribution >= 0.6 is 0 Å². The zero-order valence-electron chi connectivity index (χ0n) is 10.5. The van der Waals surface area contributed by atoms with Crippen molar-refractivity contribution in [2.45, 2.75) is 12.5 Å². The summed E-state index contributed by atoms with van der Waals surface area (Å²) >= 11 is 0. The molecule has 1 unspecified atom stereocenters. The summed E-state index contributed by atoms with van der Waals surface area (Å²) in [6.45, 7) is 1.44. The van der Waals surface area contributed by atoms with Crippen LogP contribution in [0.3, 0.4) is 0 Å². The maximum absolute atomic E-state index is 12.5. The highest BCUT2D eigenvalue weighted by Crippen LogP contribution is 2.23. The van der Waals surface area contributed by atoms with Crippen LogP contribution in [0.2, 0.25) is 0 Å². The van der Waals surface area contributed by atoms with E-state index in [1.165, 1.54) is 0 Å². The van der Waals surface area contributed by atoms with Gasteiger partial charge in [0, 0.05) is 43.3 Å². The summed E-state index contributed by atoms with van der Waals surface area (Å²) in [6.07, 6.45) is 2.81. The smallest absolute Gasteiger partial charge is 0.256 e. The molecule has 1 aromatic carbocycles. The van der Waals surface area contributed by atoms with Gasteiger partial charge < -0.3 is 15.2 Å². The number of aromatic nitrogens is 1. The monoisotopic (exact) mass is 243 g/mol. The van der Waals surface area contributed by atoms with Crippen LogP contribution in [0.15, 0.2) is 30.5 Å². The molecule has 1 atom stereocenters. The number of carbonyl (C=O) groups excluding carboxylic acids is 1. The SMILES string of the molecule is Cn1cc(C(=O)N2CCC(N)C2)c2ccccc21. The Kier molecular flexibility index (Phi) is 2.59. The van der Waals surface area contributed by atoms with Gasteiger partial charge in [-0.25, -0.2) is 0 Å². The van der Waals surface area contributed by atoms with E-state index in [9.17, 15) is 4.79 Å². The van der Waals surface area contributed by atoms with Crippen molar-refractivity contribution in [2.75, 3.05) is 13.1 Å². The zero-order valence-corrected chi connectivity index (χ0v) is 10.5. The Morgan fingerprint density at radius 3 is 2.89 bits per heavy atom. The Morgan fingerprint density at radius 2 is 2.17 bits per heavy atom. The molecule has 0 aliphatic carbocycles. The van der Waals surface area contributed by atoms with E-state index in [0.717, 1.165) is 29.4 Å². The van der Waals surface area contributed by atoms with E-state index in [-0.39, 0.29) is 11.9 Å². The molecule has 2 N–H and O–H groups in total. The van der Waals surface area contributed by atoms with Crippen molar-refractivity contribution in [3.8, 4) is 0 Å². The summed E-state index contributed by atoms with van der Waals surface area (Å²) in [5, 5.41) is 1.02. The van der Waals surface area contributed by atoms with Crippen LogP contribution in [0.5, 0.6) is 0 Å². The Labute approximate surface area is 106 Å². The third kappa shape index (κ3) is 1.69. The van der Waals surface area contributed by atoms with Gasteiger partial charge in [0.2, 0.25) is 0 Å². The van der Waals surface area contributed by atoms with Gasteiger partial charge in [0.05, 0.1) is 5.56 Å². The van der Waals surface area contributed by atoms with Gasteiger partial charge in [-0.05, 0) is 12.5 Å². The summed E-state index contributed by atoms with van der Waals surface area (Å²) in [6, 6.07) is 8.11. The van der Waals surface area contributed by atoms with Crippen molar-refractivity contribution in [2.24, 2.45) is 12.8 Å². The Bertz CT molecular complexity index is 602. The van der Waals surface area contributed by atoms with Crippen molar-refractivity contribution in [1.82, 2.24) is 9.47 Å². The van der Waals surface area contributed by atoms with Crippen LogP contribution in [0.25, 0.3) is 10.9 Å².